The van der Waals surface area contributed by atoms with E-state index in [9.17, 15) is 22.4 Å². The standard InChI is InChI=1S/C8H6F4O2/c1-3-5(7(9)13)6(4(2)14-3)8(10,11)12/h1-2H3. The van der Waals surface area contributed by atoms with E-state index < -0.39 is 29.1 Å². The lowest BCUT2D eigenvalue weighted by Gasteiger charge is -2.05. The second-order valence-electron chi connectivity index (χ2n) is 2.74. The van der Waals surface area contributed by atoms with Crippen LogP contribution in [0.2, 0.25) is 0 Å². The Hall–Kier alpha value is -1.33. The third-order valence-electron chi connectivity index (χ3n) is 1.74. The molecule has 6 heteroatoms. The van der Waals surface area contributed by atoms with Crippen LogP contribution in [0.3, 0.4) is 0 Å². The van der Waals surface area contributed by atoms with Gasteiger partial charge in [0.2, 0.25) is 0 Å². The molecule has 14 heavy (non-hydrogen) atoms. The molecule has 0 aliphatic rings. The molecule has 0 atom stereocenters. The first-order chi connectivity index (χ1) is 6.25. The van der Waals surface area contributed by atoms with Gasteiger partial charge in [-0.05, 0) is 13.8 Å². The van der Waals surface area contributed by atoms with E-state index in [2.05, 4.69) is 4.42 Å². The fourth-order valence-electron chi connectivity index (χ4n) is 1.26. The summed E-state index contributed by atoms with van der Waals surface area (Å²) < 4.78 is 53.8. The van der Waals surface area contributed by atoms with Crippen LogP contribution in [-0.2, 0) is 6.18 Å². The molecule has 0 bridgehead atoms. The highest BCUT2D eigenvalue weighted by molar-refractivity contribution is 5.91. The van der Waals surface area contributed by atoms with E-state index in [1.54, 1.807) is 0 Å². The molecule has 0 unspecified atom stereocenters. The minimum Gasteiger partial charge on any atom is -0.465 e. The fourth-order valence-corrected chi connectivity index (χ4v) is 1.26. The van der Waals surface area contributed by atoms with Gasteiger partial charge < -0.3 is 4.42 Å². The van der Waals surface area contributed by atoms with Crippen LogP contribution in [0.1, 0.15) is 27.4 Å². The summed E-state index contributed by atoms with van der Waals surface area (Å²) in [5, 5.41) is 0. The number of furan rings is 1. The van der Waals surface area contributed by atoms with Crippen molar-refractivity contribution < 1.29 is 26.8 Å². The van der Waals surface area contributed by atoms with Gasteiger partial charge in [-0.15, -0.1) is 0 Å². The monoisotopic (exact) mass is 210 g/mol. The topological polar surface area (TPSA) is 30.2 Å². The normalized spacial score (nSPS) is 11.9. The Morgan fingerprint density at radius 2 is 1.71 bits per heavy atom. The van der Waals surface area contributed by atoms with Gasteiger partial charge in [-0.3, -0.25) is 4.79 Å². The van der Waals surface area contributed by atoms with Crippen LogP contribution in [0.15, 0.2) is 4.42 Å². The lowest BCUT2D eigenvalue weighted by molar-refractivity contribution is -0.138. The number of alkyl halides is 3. The van der Waals surface area contributed by atoms with Gasteiger partial charge >= 0.3 is 12.2 Å². The summed E-state index contributed by atoms with van der Waals surface area (Å²) in [5.41, 5.74) is -2.36. The van der Waals surface area contributed by atoms with Gasteiger partial charge in [0.05, 0.1) is 0 Å². The van der Waals surface area contributed by atoms with Gasteiger partial charge in [0, 0.05) is 0 Å². The highest BCUT2D eigenvalue weighted by Crippen LogP contribution is 2.37. The van der Waals surface area contributed by atoms with Crippen LogP contribution < -0.4 is 0 Å². The zero-order valence-electron chi connectivity index (χ0n) is 7.33. The van der Waals surface area contributed by atoms with Gasteiger partial charge in [-0.25, -0.2) is 0 Å². The van der Waals surface area contributed by atoms with Gasteiger partial charge in [-0.1, -0.05) is 0 Å². The van der Waals surface area contributed by atoms with Crippen molar-refractivity contribution in [2.24, 2.45) is 0 Å². The van der Waals surface area contributed by atoms with E-state index >= 15 is 0 Å². The SMILES string of the molecule is Cc1oc(C)c(C(F)(F)F)c1C(=O)F. The highest BCUT2D eigenvalue weighted by atomic mass is 19.4. The Balaban J connectivity index is 3.48. The molecule has 0 aliphatic carbocycles. The van der Waals surface area contributed by atoms with E-state index in [-0.39, 0.29) is 5.76 Å². The zero-order valence-corrected chi connectivity index (χ0v) is 7.33. The third-order valence-corrected chi connectivity index (χ3v) is 1.74. The van der Waals surface area contributed by atoms with E-state index in [4.69, 9.17) is 0 Å². The maximum atomic E-state index is 12.3. The van der Waals surface area contributed by atoms with Gasteiger partial charge in [0.15, 0.2) is 0 Å². The van der Waals surface area contributed by atoms with E-state index in [1.807, 2.05) is 0 Å². The van der Waals surface area contributed by atoms with Crippen molar-refractivity contribution in [2.45, 2.75) is 20.0 Å². The van der Waals surface area contributed by atoms with Gasteiger partial charge in [0.1, 0.15) is 22.6 Å². The highest BCUT2D eigenvalue weighted by Gasteiger charge is 2.41. The molecule has 0 spiro atoms. The maximum absolute atomic E-state index is 12.3. The van der Waals surface area contributed by atoms with Crippen molar-refractivity contribution in [1.82, 2.24) is 0 Å². The average Bonchev–Trinajstić information content (AvgIpc) is 2.23. The predicted octanol–water partition coefficient (Wildman–Crippen LogP) is 3.02. The summed E-state index contributed by atoms with van der Waals surface area (Å²) in [7, 11) is 0. The molecule has 0 aromatic carbocycles. The van der Waals surface area contributed by atoms with Crippen molar-refractivity contribution in [2.75, 3.05) is 0 Å². The average molecular weight is 210 g/mol. The van der Waals surface area contributed by atoms with Crippen molar-refractivity contribution in [3.8, 4) is 0 Å². The summed E-state index contributed by atoms with van der Waals surface area (Å²) in [6.45, 7) is 2.14. The first-order valence-corrected chi connectivity index (χ1v) is 3.62. The van der Waals surface area contributed by atoms with Crippen LogP contribution in [0.5, 0.6) is 0 Å². The van der Waals surface area contributed by atoms with Crippen molar-refractivity contribution >= 4 is 6.04 Å². The molecule has 2 nitrogen and oxygen atoms in total. The van der Waals surface area contributed by atoms with Crippen LogP contribution in [0, 0.1) is 13.8 Å². The van der Waals surface area contributed by atoms with Crippen LogP contribution >= 0.6 is 0 Å². The Morgan fingerprint density at radius 3 is 2.00 bits per heavy atom. The fraction of sp³-hybridized carbons (Fsp3) is 0.375. The molecule has 1 heterocycles. The Labute approximate surface area is 76.5 Å². The minimum atomic E-state index is -4.78. The van der Waals surface area contributed by atoms with Crippen molar-refractivity contribution in [3.05, 3.63) is 22.6 Å². The second-order valence-corrected chi connectivity index (χ2v) is 2.74. The summed E-state index contributed by atoms with van der Waals surface area (Å²) in [4.78, 5) is 10.3. The Bertz CT molecular complexity index is 375. The number of aryl methyl sites for hydroxylation is 2. The van der Waals surface area contributed by atoms with E-state index in [1.165, 1.54) is 0 Å². The number of carbonyl (C=O) groups is 1. The van der Waals surface area contributed by atoms with Crippen molar-refractivity contribution in [1.29, 1.82) is 0 Å². The summed E-state index contributed by atoms with van der Waals surface area (Å²) in [6.07, 6.45) is -4.78. The van der Waals surface area contributed by atoms with Crippen LogP contribution in [0.4, 0.5) is 17.6 Å². The molecule has 0 aliphatic heterocycles. The summed E-state index contributed by atoms with van der Waals surface area (Å²) in [5.74, 6) is -0.863. The third kappa shape index (κ3) is 1.64. The predicted molar refractivity (Wildman–Crippen MR) is 38.6 cm³/mol. The number of hydrogen-bond acceptors (Lipinski definition) is 2. The summed E-state index contributed by atoms with van der Waals surface area (Å²) in [6, 6.07) is -2.13. The summed E-state index contributed by atoms with van der Waals surface area (Å²) >= 11 is 0. The number of carbonyl (C=O) groups excluding carboxylic acids is 1. The molecular weight excluding hydrogens is 204 g/mol. The number of hydrogen-bond donors (Lipinski definition) is 0. The zero-order chi connectivity index (χ0) is 11.1. The molecule has 0 fully saturated rings. The largest absolute Gasteiger partial charge is 0.465 e. The molecule has 0 radical (unpaired) electrons. The lowest BCUT2D eigenvalue weighted by Crippen LogP contribution is -2.10. The quantitative estimate of drug-likeness (QED) is 0.526. The Morgan fingerprint density at radius 1 is 1.21 bits per heavy atom. The van der Waals surface area contributed by atoms with Gasteiger partial charge in [0.25, 0.3) is 0 Å². The Kier molecular flexibility index (Phi) is 2.39. The molecular formula is C8H6F4O2. The first kappa shape index (κ1) is 10.7. The molecule has 0 saturated carbocycles. The number of halogens is 4. The number of rotatable bonds is 1. The molecule has 0 N–H and O–H groups in total. The molecule has 0 saturated heterocycles. The molecule has 78 valence electrons. The van der Waals surface area contributed by atoms with Crippen molar-refractivity contribution in [3.63, 3.8) is 0 Å². The second kappa shape index (κ2) is 3.11. The molecule has 1 rings (SSSR count). The lowest BCUT2D eigenvalue weighted by atomic mass is 10.1. The first-order valence-electron chi connectivity index (χ1n) is 3.62. The molecule has 1 aromatic rings. The van der Waals surface area contributed by atoms with Crippen LogP contribution in [0.25, 0.3) is 0 Å². The van der Waals surface area contributed by atoms with E-state index in [0.717, 1.165) is 13.8 Å². The van der Waals surface area contributed by atoms with Crippen LogP contribution in [-0.4, -0.2) is 6.04 Å². The van der Waals surface area contributed by atoms with E-state index in [0.29, 0.717) is 0 Å². The smallest absolute Gasteiger partial charge is 0.420 e. The molecule has 1 aromatic heterocycles. The minimum absolute atomic E-state index is 0.359. The maximum Gasteiger partial charge on any atom is 0.420 e. The van der Waals surface area contributed by atoms with Gasteiger partial charge in [-0.2, -0.15) is 17.6 Å². The molecule has 0 amide bonds.